The molecule has 2 aromatic carbocycles. The van der Waals surface area contributed by atoms with E-state index in [9.17, 15) is 9.18 Å². The van der Waals surface area contributed by atoms with Gasteiger partial charge in [0.2, 0.25) is 0 Å². The number of nitrogens with two attached hydrogens (primary N) is 1. The first-order valence-electron chi connectivity index (χ1n) is 7.33. The van der Waals surface area contributed by atoms with Gasteiger partial charge in [0.1, 0.15) is 5.82 Å². The summed E-state index contributed by atoms with van der Waals surface area (Å²) < 4.78 is 18.6. The molecule has 2 N–H and O–H groups in total. The third kappa shape index (κ3) is 4.40. The molecule has 0 spiro atoms. The minimum atomic E-state index is -0.417. The van der Waals surface area contributed by atoms with E-state index < -0.39 is 6.04 Å². The molecule has 0 bridgehead atoms. The highest BCUT2D eigenvalue weighted by Crippen LogP contribution is 2.19. The summed E-state index contributed by atoms with van der Waals surface area (Å²) in [6.45, 7) is 2.11. The summed E-state index contributed by atoms with van der Waals surface area (Å²) in [5, 5.41) is 0. The number of halogens is 1. The zero-order valence-corrected chi connectivity index (χ0v) is 12.6. The van der Waals surface area contributed by atoms with Crippen molar-refractivity contribution in [2.45, 2.75) is 25.8 Å². The Morgan fingerprint density at radius 3 is 2.73 bits per heavy atom. The van der Waals surface area contributed by atoms with Crippen LogP contribution in [0.25, 0.3) is 0 Å². The van der Waals surface area contributed by atoms with E-state index in [2.05, 4.69) is 0 Å². The second kappa shape index (κ2) is 7.71. The van der Waals surface area contributed by atoms with Crippen molar-refractivity contribution >= 4 is 5.97 Å². The highest BCUT2D eigenvalue weighted by atomic mass is 19.1. The van der Waals surface area contributed by atoms with Gasteiger partial charge in [0.05, 0.1) is 13.0 Å². The minimum absolute atomic E-state index is 0.136. The number of ether oxygens (including phenoxy) is 1. The Hall–Kier alpha value is -2.20. The Balaban J connectivity index is 2.09. The highest BCUT2D eigenvalue weighted by molar-refractivity contribution is 5.70. The molecule has 116 valence electrons. The van der Waals surface area contributed by atoms with Crippen molar-refractivity contribution < 1.29 is 13.9 Å². The van der Waals surface area contributed by atoms with E-state index in [1.807, 2.05) is 30.3 Å². The van der Waals surface area contributed by atoms with Crippen molar-refractivity contribution in [1.29, 1.82) is 0 Å². The van der Waals surface area contributed by atoms with Crippen LogP contribution in [0, 0.1) is 5.82 Å². The average molecular weight is 301 g/mol. The van der Waals surface area contributed by atoms with Crippen molar-refractivity contribution in [3.05, 3.63) is 71.0 Å². The van der Waals surface area contributed by atoms with Crippen LogP contribution in [0.15, 0.2) is 48.5 Å². The molecule has 0 aliphatic heterocycles. The normalized spacial score (nSPS) is 12.0. The lowest BCUT2D eigenvalue weighted by Gasteiger charge is -2.13. The maximum absolute atomic E-state index is 13.7. The van der Waals surface area contributed by atoms with Crippen molar-refractivity contribution in [2.24, 2.45) is 5.73 Å². The van der Waals surface area contributed by atoms with E-state index >= 15 is 0 Å². The van der Waals surface area contributed by atoms with E-state index in [0.717, 1.165) is 11.1 Å². The molecule has 2 aromatic rings. The molecule has 0 aliphatic carbocycles. The van der Waals surface area contributed by atoms with E-state index in [1.54, 1.807) is 19.1 Å². The standard InChI is InChI=1S/C18H20FNO2/c1-2-22-18(21)12-17(20)15-8-5-6-13(11-15)10-14-7-3-4-9-16(14)19/h3-9,11,17H,2,10,12,20H2,1H3/t17-/m0/s1. The number of benzene rings is 2. The highest BCUT2D eigenvalue weighted by Gasteiger charge is 2.13. The van der Waals surface area contributed by atoms with Gasteiger partial charge in [-0.05, 0) is 29.7 Å². The number of hydrogen-bond donors (Lipinski definition) is 1. The van der Waals surface area contributed by atoms with E-state index in [-0.39, 0.29) is 18.2 Å². The van der Waals surface area contributed by atoms with Gasteiger partial charge in [0.15, 0.2) is 0 Å². The van der Waals surface area contributed by atoms with Gasteiger partial charge in [-0.1, -0.05) is 42.5 Å². The third-order valence-corrected chi connectivity index (χ3v) is 3.42. The predicted molar refractivity (Wildman–Crippen MR) is 83.8 cm³/mol. The largest absolute Gasteiger partial charge is 0.466 e. The van der Waals surface area contributed by atoms with Crippen LogP contribution >= 0.6 is 0 Å². The summed E-state index contributed by atoms with van der Waals surface area (Å²) in [5.74, 6) is -0.529. The molecule has 3 nitrogen and oxygen atoms in total. The monoisotopic (exact) mass is 301 g/mol. The van der Waals surface area contributed by atoms with Crippen molar-refractivity contribution in [2.75, 3.05) is 6.61 Å². The molecule has 0 unspecified atom stereocenters. The lowest BCUT2D eigenvalue weighted by Crippen LogP contribution is -2.17. The van der Waals surface area contributed by atoms with Crippen LogP contribution in [0.3, 0.4) is 0 Å². The van der Waals surface area contributed by atoms with Crippen molar-refractivity contribution in [3.63, 3.8) is 0 Å². The molecule has 2 rings (SSSR count). The quantitative estimate of drug-likeness (QED) is 0.832. The first-order valence-corrected chi connectivity index (χ1v) is 7.33. The minimum Gasteiger partial charge on any atom is -0.466 e. The van der Waals surface area contributed by atoms with Crippen LogP contribution in [0.2, 0.25) is 0 Å². The van der Waals surface area contributed by atoms with Crippen LogP contribution in [0.1, 0.15) is 36.1 Å². The van der Waals surface area contributed by atoms with Gasteiger partial charge in [-0.3, -0.25) is 4.79 Å². The first-order chi connectivity index (χ1) is 10.6. The second-order valence-corrected chi connectivity index (χ2v) is 5.13. The Morgan fingerprint density at radius 2 is 2.00 bits per heavy atom. The summed E-state index contributed by atoms with van der Waals surface area (Å²) in [6.07, 6.45) is 0.629. The molecule has 0 radical (unpaired) electrons. The Labute approximate surface area is 129 Å². The zero-order valence-electron chi connectivity index (χ0n) is 12.6. The van der Waals surface area contributed by atoms with E-state index in [0.29, 0.717) is 18.6 Å². The lowest BCUT2D eigenvalue weighted by atomic mass is 9.98. The molecule has 0 aliphatic rings. The number of esters is 1. The third-order valence-electron chi connectivity index (χ3n) is 3.42. The molecule has 0 aromatic heterocycles. The summed E-state index contributed by atoms with van der Waals surface area (Å²) in [4.78, 5) is 11.5. The van der Waals surface area contributed by atoms with Gasteiger partial charge in [-0.2, -0.15) is 0 Å². The van der Waals surface area contributed by atoms with Gasteiger partial charge < -0.3 is 10.5 Å². The molecule has 1 atom stereocenters. The van der Waals surface area contributed by atoms with Crippen LogP contribution in [0.5, 0.6) is 0 Å². The molecule has 0 amide bonds. The van der Waals surface area contributed by atoms with E-state index in [1.165, 1.54) is 6.07 Å². The molecule has 0 saturated heterocycles. The smallest absolute Gasteiger partial charge is 0.307 e. The van der Waals surface area contributed by atoms with Crippen LogP contribution in [0.4, 0.5) is 4.39 Å². The Kier molecular flexibility index (Phi) is 5.67. The summed E-state index contributed by atoms with van der Waals surface area (Å²) >= 11 is 0. The van der Waals surface area contributed by atoms with Crippen LogP contribution < -0.4 is 5.73 Å². The van der Waals surface area contributed by atoms with Crippen LogP contribution in [-0.2, 0) is 16.0 Å². The summed E-state index contributed by atoms with van der Waals surface area (Å²) in [6, 6.07) is 13.9. The second-order valence-electron chi connectivity index (χ2n) is 5.13. The van der Waals surface area contributed by atoms with Gasteiger partial charge in [0.25, 0.3) is 0 Å². The average Bonchev–Trinajstić information content (AvgIpc) is 2.50. The topological polar surface area (TPSA) is 52.3 Å². The molecule has 0 saturated carbocycles. The Morgan fingerprint density at radius 1 is 1.23 bits per heavy atom. The molecule has 0 fully saturated rings. The van der Waals surface area contributed by atoms with Gasteiger partial charge in [-0.25, -0.2) is 4.39 Å². The summed E-state index contributed by atoms with van der Waals surface area (Å²) in [5.41, 5.74) is 8.49. The predicted octanol–water partition coefficient (Wildman–Crippen LogP) is 3.37. The van der Waals surface area contributed by atoms with Crippen LogP contribution in [-0.4, -0.2) is 12.6 Å². The number of carbonyl (C=O) groups is 1. The maximum Gasteiger partial charge on any atom is 0.307 e. The van der Waals surface area contributed by atoms with Gasteiger partial charge in [0, 0.05) is 12.5 Å². The maximum atomic E-state index is 13.7. The fourth-order valence-corrected chi connectivity index (χ4v) is 2.31. The molecular weight excluding hydrogens is 281 g/mol. The number of carbonyl (C=O) groups excluding carboxylic acids is 1. The zero-order chi connectivity index (χ0) is 15.9. The van der Waals surface area contributed by atoms with E-state index in [4.69, 9.17) is 10.5 Å². The van der Waals surface area contributed by atoms with Gasteiger partial charge >= 0.3 is 5.97 Å². The summed E-state index contributed by atoms with van der Waals surface area (Å²) in [7, 11) is 0. The number of rotatable bonds is 6. The SMILES string of the molecule is CCOC(=O)C[C@H](N)c1cccc(Cc2ccccc2F)c1. The fraction of sp³-hybridized carbons (Fsp3) is 0.278. The molecular formula is C18H20FNO2. The van der Waals surface area contributed by atoms with Crippen molar-refractivity contribution in [1.82, 2.24) is 0 Å². The molecule has 22 heavy (non-hydrogen) atoms. The van der Waals surface area contributed by atoms with Crippen molar-refractivity contribution in [3.8, 4) is 0 Å². The fourth-order valence-electron chi connectivity index (χ4n) is 2.31. The molecule has 4 heteroatoms. The lowest BCUT2D eigenvalue weighted by molar-refractivity contribution is -0.143. The number of hydrogen-bond acceptors (Lipinski definition) is 3. The Bertz CT molecular complexity index is 642. The van der Waals surface area contributed by atoms with Gasteiger partial charge in [-0.15, -0.1) is 0 Å². The first kappa shape index (κ1) is 16.2. The molecule has 0 heterocycles.